The number of carboxylic acid groups (broad SMARTS) is 1. The van der Waals surface area contributed by atoms with Crippen LogP contribution in [0.4, 0.5) is 0 Å². The van der Waals surface area contributed by atoms with E-state index in [1.54, 1.807) is 0 Å². The highest BCUT2D eigenvalue weighted by atomic mass is 35.5. The number of hydrogen-bond donors (Lipinski definition) is 1. The van der Waals surface area contributed by atoms with E-state index in [1.165, 1.54) is 36.4 Å². The average Bonchev–Trinajstić information content (AvgIpc) is 2.35. The molecule has 0 unspecified atom stereocenters. The Morgan fingerprint density at radius 1 is 1.05 bits per heavy atom. The van der Waals surface area contributed by atoms with Gasteiger partial charge in [0.25, 0.3) is 0 Å². The topological polar surface area (TPSA) is 71.4 Å². The second kappa shape index (κ2) is 5.67. The molecule has 0 heterocycles. The summed E-state index contributed by atoms with van der Waals surface area (Å²) in [6, 6.07) is 8.37. The van der Waals surface area contributed by atoms with Crippen LogP contribution in [0.1, 0.15) is 10.4 Å². The lowest BCUT2D eigenvalue weighted by Gasteiger charge is -2.10. The van der Waals surface area contributed by atoms with Gasteiger partial charge in [0.1, 0.15) is 0 Å². The molecule has 0 saturated carbocycles. The fourth-order valence-corrected chi connectivity index (χ4v) is 3.34. The van der Waals surface area contributed by atoms with Crippen LogP contribution in [0.15, 0.2) is 41.3 Å². The minimum atomic E-state index is -3.53. The highest BCUT2D eigenvalue weighted by molar-refractivity contribution is 7.90. The van der Waals surface area contributed by atoms with E-state index in [0.29, 0.717) is 15.6 Å². The van der Waals surface area contributed by atoms with Crippen molar-refractivity contribution < 1.29 is 18.3 Å². The number of benzene rings is 2. The second-order valence-corrected chi connectivity index (χ2v) is 7.30. The van der Waals surface area contributed by atoms with Crippen molar-refractivity contribution in [2.75, 3.05) is 6.26 Å². The van der Waals surface area contributed by atoms with Crippen LogP contribution in [-0.2, 0) is 9.84 Å². The van der Waals surface area contributed by atoms with Crippen LogP contribution >= 0.6 is 23.2 Å². The SMILES string of the molecule is CS(=O)(=O)c1ccc(C(=O)O)cc1-c1cc(Cl)cc(Cl)c1. The van der Waals surface area contributed by atoms with E-state index in [2.05, 4.69) is 0 Å². The van der Waals surface area contributed by atoms with E-state index in [-0.39, 0.29) is 16.0 Å². The molecule has 0 atom stereocenters. The van der Waals surface area contributed by atoms with Gasteiger partial charge in [-0.25, -0.2) is 13.2 Å². The molecule has 21 heavy (non-hydrogen) atoms. The van der Waals surface area contributed by atoms with Crippen LogP contribution in [0.3, 0.4) is 0 Å². The molecule has 2 aromatic rings. The summed E-state index contributed by atoms with van der Waals surface area (Å²) in [4.78, 5) is 11.1. The van der Waals surface area contributed by atoms with Gasteiger partial charge in [0.05, 0.1) is 10.5 Å². The van der Waals surface area contributed by atoms with Gasteiger partial charge in [0.15, 0.2) is 9.84 Å². The molecule has 0 aromatic heterocycles. The van der Waals surface area contributed by atoms with Gasteiger partial charge in [-0.1, -0.05) is 23.2 Å². The summed E-state index contributed by atoms with van der Waals surface area (Å²) >= 11 is 11.8. The van der Waals surface area contributed by atoms with E-state index in [9.17, 15) is 13.2 Å². The minimum Gasteiger partial charge on any atom is -0.478 e. The summed E-state index contributed by atoms with van der Waals surface area (Å²) in [6.45, 7) is 0. The third-order valence-corrected chi connectivity index (χ3v) is 4.39. The number of aromatic carboxylic acids is 1. The van der Waals surface area contributed by atoms with Gasteiger partial charge in [-0.05, 0) is 42.0 Å². The third-order valence-electron chi connectivity index (χ3n) is 2.80. The van der Waals surface area contributed by atoms with E-state index < -0.39 is 15.8 Å². The van der Waals surface area contributed by atoms with Crippen LogP contribution in [0.2, 0.25) is 10.0 Å². The maximum absolute atomic E-state index is 11.9. The fourth-order valence-electron chi connectivity index (χ4n) is 1.92. The first-order chi connectivity index (χ1) is 9.68. The lowest BCUT2D eigenvalue weighted by Crippen LogP contribution is -2.03. The predicted octanol–water partition coefficient (Wildman–Crippen LogP) is 3.76. The van der Waals surface area contributed by atoms with Crippen molar-refractivity contribution in [1.82, 2.24) is 0 Å². The maximum Gasteiger partial charge on any atom is 0.335 e. The number of rotatable bonds is 3. The van der Waals surface area contributed by atoms with Crippen molar-refractivity contribution in [1.29, 1.82) is 0 Å². The molecule has 0 aliphatic carbocycles. The van der Waals surface area contributed by atoms with E-state index in [4.69, 9.17) is 28.3 Å². The van der Waals surface area contributed by atoms with Gasteiger partial charge >= 0.3 is 5.97 Å². The lowest BCUT2D eigenvalue weighted by molar-refractivity contribution is 0.0697. The number of carboxylic acids is 1. The summed E-state index contributed by atoms with van der Waals surface area (Å²) in [5, 5.41) is 9.72. The van der Waals surface area contributed by atoms with Crippen LogP contribution in [0.25, 0.3) is 11.1 Å². The predicted molar refractivity (Wildman–Crippen MR) is 82.0 cm³/mol. The van der Waals surface area contributed by atoms with Gasteiger partial charge in [-0.3, -0.25) is 0 Å². The molecule has 0 aliphatic rings. The Bertz CT molecular complexity index is 809. The lowest BCUT2D eigenvalue weighted by atomic mass is 10.0. The number of sulfone groups is 1. The molecule has 0 aliphatic heterocycles. The molecule has 0 spiro atoms. The highest BCUT2D eigenvalue weighted by Gasteiger charge is 2.17. The van der Waals surface area contributed by atoms with Gasteiger partial charge in [-0.2, -0.15) is 0 Å². The van der Waals surface area contributed by atoms with Crippen molar-refractivity contribution in [2.24, 2.45) is 0 Å². The standard InChI is InChI=1S/C14H10Cl2O4S/c1-21(19,20)13-3-2-8(14(17)18)6-12(13)9-4-10(15)7-11(16)5-9/h2-7H,1H3,(H,17,18). The van der Waals surface area contributed by atoms with Gasteiger partial charge < -0.3 is 5.11 Å². The number of halogens is 2. The normalized spacial score (nSPS) is 11.4. The molecule has 0 saturated heterocycles. The molecular formula is C14H10Cl2O4S. The highest BCUT2D eigenvalue weighted by Crippen LogP contribution is 2.32. The van der Waals surface area contributed by atoms with Crippen LogP contribution in [0.5, 0.6) is 0 Å². The van der Waals surface area contributed by atoms with E-state index >= 15 is 0 Å². The van der Waals surface area contributed by atoms with E-state index in [0.717, 1.165) is 6.26 Å². The molecule has 1 N–H and O–H groups in total. The molecule has 7 heteroatoms. The molecule has 2 rings (SSSR count). The Hall–Kier alpha value is -1.56. The Morgan fingerprint density at radius 3 is 2.10 bits per heavy atom. The van der Waals surface area contributed by atoms with Crippen LogP contribution in [-0.4, -0.2) is 25.7 Å². The fraction of sp³-hybridized carbons (Fsp3) is 0.0714. The Morgan fingerprint density at radius 2 is 1.62 bits per heavy atom. The van der Waals surface area contributed by atoms with Crippen molar-refractivity contribution >= 4 is 39.0 Å². The van der Waals surface area contributed by atoms with Crippen molar-refractivity contribution in [3.05, 3.63) is 52.0 Å². The van der Waals surface area contributed by atoms with E-state index in [1.807, 2.05) is 0 Å². The zero-order chi connectivity index (χ0) is 15.8. The Balaban J connectivity index is 2.80. The largest absolute Gasteiger partial charge is 0.478 e. The number of carbonyl (C=O) groups is 1. The summed E-state index contributed by atoms with van der Waals surface area (Å²) in [7, 11) is -3.53. The summed E-state index contributed by atoms with van der Waals surface area (Å²) in [6.07, 6.45) is 1.05. The number of hydrogen-bond acceptors (Lipinski definition) is 3. The van der Waals surface area contributed by atoms with Crippen molar-refractivity contribution in [3.63, 3.8) is 0 Å². The second-order valence-electron chi connectivity index (χ2n) is 4.45. The molecule has 0 radical (unpaired) electrons. The van der Waals surface area contributed by atoms with Crippen molar-refractivity contribution in [3.8, 4) is 11.1 Å². The molecule has 2 aromatic carbocycles. The van der Waals surface area contributed by atoms with Gasteiger partial charge in [0, 0.05) is 21.9 Å². The minimum absolute atomic E-state index is 0.0193. The molecule has 4 nitrogen and oxygen atoms in total. The van der Waals surface area contributed by atoms with Crippen LogP contribution < -0.4 is 0 Å². The molecule has 110 valence electrons. The van der Waals surface area contributed by atoms with Gasteiger partial charge in [-0.15, -0.1) is 0 Å². The molecular weight excluding hydrogens is 335 g/mol. The molecule has 0 fully saturated rings. The molecule has 0 amide bonds. The first kappa shape index (κ1) is 15.8. The average molecular weight is 345 g/mol. The first-order valence-electron chi connectivity index (χ1n) is 5.72. The Kier molecular flexibility index (Phi) is 4.27. The maximum atomic E-state index is 11.9. The van der Waals surface area contributed by atoms with Crippen LogP contribution in [0, 0.1) is 0 Å². The smallest absolute Gasteiger partial charge is 0.335 e. The van der Waals surface area contributed by atoms with Gasteiger partial charge in [0.2, 0.25) is 0 Å². The zero-order valence-electron chi connectivity index (χ0n) is 10.8. The first-order valence-corrected chi connectivity index (χ1v) is 8.37. The summed E-state index contributed by atoms with van der Waals surface area (Å²) < 4.78 is 23.7. The Labute approximate surface area is 131 Å². The van der Waals surface area contributed by atoms with Crippen molar-refractivity contribution in [2.45, 2.75) is 4.90 Å². The summed E-state index contributed by atoms with van der Waals surface area (Å²) in [5.74, 6) is -1.15. The summed E-state index contributed by atoms with van der Waals surface area (Å²) in [5.41, 5.74) is 0.673. The zero-order valence-corrected chi connectivity index (χ0v) is 13.1. The third kappa shape index (κ3) is 3.56. The monoisotopic (exact) mass is 344 g/mol. The molecule has 0 bridgehead atoms. The quantitative estimate of drug-likeness (QED) is 0.919.